The molecule has 132 valence electrons. The van der Waals surface area contributed by atoms with Gasteiger partial charge < -0.3 is 14.5 Å². The summed E-state index contributed by atoms with van der Waals surface area (Å²) in [6, 6.07) is 1.84. The lowest BCUT2D eigenvalue weighted by molar-refractivity contribution is -0.139. The molecule has 1 atom stereocenters. The van der Waals surface area contributed by atoms with Crippen LogP contribution in [0, 0.1) is 5.92 Å². The molecule has 0 N–H and O–H groups in total. The number of aromatic nitrogens is 2. The van der Waals surface area contributed by atoms with E-state index >= 15 is 0 Å². The van der Waals surface area contributed by atoms with E-state index in [4.69, 9.17) is 4.74 Å². The molecule has 0 bridgehead atoms. The van der Waals surface area contributed by atoms with Crippen molar-refractivity contribution in [1.29, 1.82) is 0 Å². The van der Waals surface area contributed by atoms with Gasteiger partial charge in [-0.2, -0.15) is 5.10 Å². The van der Waals surface area contributed by atoms with E-state index in [-0.39, 0.29) is 17.9 Å². The first-order valence-electron chi connectivity index (χ1n) is 8.70. The molecule has 0 spiro atoms. The molecule has 7 nitrogen and oxygen atoms in total. The number of ether oxygens (including phenoxy) is 1. The van der Waals surface area contributed by atoms with Crippen LogP contribution in [0.2, 0.25) is 0 Å². The van der Waals surface area contributed by atoms with Crippen LogP contribution in [0.1, 0.15) is 38.4 Å². The Hall–Kier alpha value is -1.89. The summed E-state index contributed by atoms with van der Waals surface area (Å²) in [5.74, 6) is 0.599. The van der Waals surface area contributed by atoms with Gasteiger partial charge >= 0.3 is 0 Å². The van der Waals surface area contributed by atoms with Crippen LogP contribution in [-0.2, 0) is 20.9 Å². The van der Waals surface area contributed by atoms with Crippen LogP contribution in [-0.4, -0.2) is 64.2 Å². The second-order valence-electron chi connectivity index (χ2n) is 6.99. The van der Waals surface area contributed by atoms with Gasteiger partial charge in [-0.05, 0) is 12.0 Å². The highest BCUT2D eigenvalue weighted by Gasteiger charge is 2.31. The molecule has 1 aromatic rings. The van der Waals surface area contributed by atoms with E-state index in [9.17, 15) is 9.59 Å². The van der Waals surface area contributed by atoms with Crippen LogP contribution in [0.15, 0.2) is 12.3 Å². The fraction of sp³-hybridized carbons (Fsp3) is 0.706. The maximum absolute atomic E-state index is 12.6. The summed E-state index contributed by atoms with van der Waals surface area (Å²) in [5.41, 5.74) is 0.998. The van der Waals surface area contributed by atoms with Gasteiger partial charge in [0, 0.05) is 32.3 Å². The third-order valence-electron chi connectivity index (χ3n) is 4.59. The fourth-order valence-corrected chi connectivity index (χ4v) is 3.35. The molecule has 0 radical (unpaired) electrons. The summed E-state index contributed by atoms with van der Waals surface area (Å²) in [5, 5.41) is 4.37. The Labute approximate surface area is 142 Å². The molecule has 3 heterocycles. The maximum atomic E-state index is 12.6. The Morgan fingerprint density at radius 1 is 1.25 bits per heavy atom. The number of carbonyl (C=O) groups is 2. The van der Waals surface area contributed by atoms with Gasteiger partial charge in [0.05, 0.1) is 37.9 Å². The molecule has 1 fully saturated rings. The largest absolute Gasteiger partial charge is 0.378 e. The van der Waals surface area contributed by atoms with Gasteiger partial charge in [0.25, 0.3) is 0 Å². The maximum Gasteiger partial charge on any atom is 0.224 e. The highest BCUT2D eigenvalue weighted by Crippen LogP contribution is 2.25. The van der Waals surface area contributed by atoms with Crippen LogP contribution in [0.4, 0.5) is 0 Å². The zero-order valence-electron chi connectivity index (χ0n) is 14.5. The molecule has 1 aromatic heterocycles. The van der Waals surface area contributed by atoms with E-state index in [1.807, 2.05) is 34.4 Å². The topological polar surface area (TPSA) is 67.7 Å². The molecule has 0 unspecified atom stereocenters. The van der Waals surface area contributed by atoms with E-state index in [2.05, 4.69) is 5.10 Å². The summed E-state index contributed by atoms with van der Waals surface area (Å²) in [6.07, 6.45) is 2.66. The van der Waals surface area contributed by atoms with Crippen molar-refractivity contribution in [3.05, 3.63) is 18.0 Å². The molecule has 2 aliphatic heterocycles. The lowest BCUT2D eigenvalue weighted by Gasteiger charge is -2.35. The van der Waals surface area contributed by atoms with Crippen molar-refractivity contribution >= 4 is 11.8 Å². The second-order valence-corrected chi connectivity index (χ2v) is 6.99. The van der Waals surface area contributed by atoms with Gasteiger partial charge in [-0.3, -0.25) is 14.3 Å². The van der Waals surface area contributed by atoms with E-state index in [0.717, 1.165) is 5.69 Å². The molecule has 1 saturated heterocycles. The number of amides is 2. The summed E-state index contributed by atoms with van der Waals surface area (Å²) >= 11 is 0. The highest BCUT2D eigenvalue weighted by molar-refractivity contribution is 5.78. The number of nitrogens with zero attached hydrogens (tertiary/aromatic N) is 4. The summed E-state index contributed by atoms with van der Waals surface area (Å²) < 4.78 is 7.22. The van der Waals surface area contributed by atoms with Crippen molar-refractivity contribution in [1.82, 2.24) is 19.6 Å². The standard InChI is InChI=1S/C17H26N4O3/c1-13(2)9-16(22)20-11-14-3-4-18-21(14)15(12-20)10-17(23)19-5-7-24-8-6-19/h3-4,13,15H,5-12H2,1-2H3/t15-/m1/s1. The second kappa shape index (κ2) is 7.34. The van der Waals surface area contributed by atoms with Gasteiger partial charge in [-0.1, -0.05) is 13.8 Å². The van der Waals surface area contributed by atoms with E-state index < -0.39 is 0 Å². The molecule has 0 saturated carbocycles. The molecule has 0 aromatic carbocycles. The molecule has 0 aliphatic carbocycles. The van der Waals surface area contributed by atoms with E-state index in [0.29, 0.717) is 58.2 Å². The number of carbonyl (C=O) groups excluding carboxylic acids is 2. The molecular formula is C17H26N4O3. The monoisotopic (exact) mass is 334 g/mol. The van der Waals surface area contributed by atoms with Gasteiger partial charge in [-0.15, -0.1) is 0 Å². The van der Waals surface area contributed by atoms with Gasteiger partial charge in [-0.25, -0.2) is 0 Å². The Bertz CT molecular complexity index is 592. The fourth-order valence-electron chi connectivity index (χ4n) is 3.35. The number of fused-ring (bicyclic) bond motifs is 1. The number of morpholine rings is 1. The molecular weight excluding hydrogens is 308 g/mol. The van der Waals surface area contributed by atoms with Crippen LogP contribution in [0.5, 0.6) is 0 Å². The Morgan fingerprint density at radius 2 is 2.00 bits per heavy atom. The molecule has 24 heavy (non-hydrogen) atoms. The minimum Gasteiger partial charge on any atom is -0.378 e. The number of hydrogen-bond acceptors (Lipinski definition) is 4. The minimum absolute atomic E-state index is 0.0878. The average molecular weight is 334 g/mol. The lowest BCUT2D eigenvalue weighted by Crippen LogP contribution is -2.45. The Balaban J connectivity index is 1.69. The van der Waals surface area contributed by atoms with Crippen molar-refractivity contribution in [2.45, 2.75) is 39.3 Å². The predicted octanol–water partition coefficient (Wildman–Crippen LogP) is 1.06. The summed E-state index contributed by atoms with van der Waals surface area (Å²) in [6.45, 7) is 7.72. The quantitative estimate of drug-likeness (QED) is 0.826. The molecule has 7 heteroatoms. The third kappa shape index (κ3) is 3.77. The first-order chi connectivity index (χ1) is 11.5. The predicted molar refractivity (Wildman–Crippen MR) is 88.2 cm³/mol. The SMILES string of the molecule is CC(C)CC(=O)N1Cc2ccnn2[C@H](CC(=O)N2CCOCC2)C1. The van der Waals surface area contributed by atoms with Crippen LogP contribution < -0.4 is 0 Å². The first kappa shape index (κ1) is 17.0. The number of hydrogen-bond donors (Lipinski definition) is 0. The third-order valence-corrected chi connectivity index (χ3v) is 4.59. The van der Waals surface area contributed by atoms with E-state index in [1.54, 1.807) is 6.20 Å². The highest BCUT2D eigenvalue weighted by atomic mass is 16.5. The van der Waals surface area contributed by atoms with Gasteiger partial charge in [0.1, 0.15) is 0 Å². The van der Waals surface area contributed by atoms with Gasteiger partial charge in [0.2, 0.25) is 11.8 Å². The summed E-state index contributed by atoms with van der Waals surface area (Å²) in [4.78, 5) is 28.8. The Kier molecular flexibility index (Phi) is 5.18. The van der Waals surface area contributed by atoms with Crippen molar-refractivity contribution in [2.24, 2.45) is 5.92 Å². The summed E-state index contributed by atoms with van der Waals surface area (Å²) in [7, 11) is 0. The average Bonchev–Trinajstić information content (AvgIpc) is 3.03. The van der Waals surface area contributed by atoms with Crippen molar-refractivity contribution in [3.63, 3.8) is 0 Å². The zero-order valence-corrected chi connectivity index (χ0v) is 14.5. The van der Waals surface area contributed by atoms with Crippen LogP contribution in [0.3, 0.4) is 0 Å². The molecule has 3 rings (SSSR count). The van der Waals surface area contributed by atoms with Gasteiger partial charge in [0.15, 0.2) is 0 Å². The minimum atomic E-state index is -0.0878. The van der Waals surface area contributed by atoms with Crippen LogP contribution >= 0.6 is 0 Å². The zero-order chi connectivity index (χ0) is 17.1. The van der Waals surface area contributed by atoms with E-state index in [1.165, 1.54) is 0 Å². The van der Waals surface area contributed by atoms with Crippen LogP contribution in [0.25, 0.3) is 0 Å². The lowest BCUT2D eigenvalue weighted by atomic mass is 10.1. The first-order valence-corrected chi connectivity index (χ1v) is 8.70. The molecule has 2 amide bonds. The van der Waals surface area contributed by atoms with Crippen molar-refractivity contribution in [2.75, 3.05) is 32.8 Å². The van der Waals surface area contributed by atoms with Crippen molar-refractivity contribution < 1.29 is 14.3 Å². The smallest absolute Gasteiger partial charge is 0.224 e. The molecule has 2 aliphatic rings. The Morgan fingerprint density at radius 3 is 2.71 bits per heavy atom. The normalized spacial score (nSPS) is 21.0. The number of rotatable bonds is 4. The van der Waals surface area contributed by atoms with Crippen molar-refractivity contribution in [3.8, 4) is 0 Å².